The molecular formula is C12H19BrN4O2. The number of nitrogens with one attached hydrogen (secondary N) is 1. The van der Waals surface area contributed by atoms with Crippen LogP contribution in [0.5, 0.6) is 0 Å². The first kappa shape index (κ1) is 14.5. The molecule has 19 heavy (non-hydrogen) atoms. The first-order chi connectivity index (χ1) is 9.20. The number of nitrogens with zero attached hydrogens (tertiary/aromatic N) is 3. The molecule has 7 heteroatoms. The molecule has 1 aliphatic rings. The molecule has 2 rings (SSSR count). The van der Waals surface area contributed by atoms with Gasteiger partial charge in [-0.1, -0.05) is 0 Å². The molecule has 2 heterocycles. The average molecular weight is 331 g/mol. The van der Waals surface area contributed by atoms with Gasteiger partial charge in [0.1, 0.15) is 0 Å². The van der Waals surface area contributed by atoms with Crippen molar-refractivity contribution in [3.63, 3.8) is 0 Å². The largest absolute Gasteiger partial charge is 0.379 e. The van der Waals surface area contributed by atoms with Crippen LogP contribution < -0.4 is 5.32 Å². The summed E-state index contributed by atoms with van der Waals surface area (Å²) in [4.78, 5) is 14.3. The van der Waals surface area contributed by atoms with E-state index in [1.54, 1.807) is 4.68 Å². The molecule has 0 spiro atoms. The molecule has 1 fully saturated rings. The minimum atomic E-state index is -0.132. The van der Waals surface area contributed by atoms with Crippen LogP contribution in [0.3, 0.4) is 0 Å². The summed E-state index contributed by atoms with van der Waals surface area (Å²) in [6.07, 6.45) is 1.82. The fourth-order valence-corrected chi connectivity index (χ4v) is 2.44. The van der Waals surface area contributed by atoms with Gasteiger partial charge in [0.25, 0.3) is 5.91 Å². The summed E-state index contributed by atoms with van der Waals surface area (Å²) >= 11 is 3.36. The molecule has 1 aliphatic heterocycles. The van der Waals surface area contributed by atoms with Crippen molar-refractivity contribution >= 4 is 21.8 Å². The van der Waals surface area contributed by atoms with Gasteiger partial charge in [0, 0.05) is 38.9 Å². The van der Waals surface area contributed by atoms with Crippen molar-refractivity contribution < 1.29 is 9.53 Å². The Bertz CT molecular complexity index is 429. The Labute approximate surface area is 121 Å². The van der Waals surface area contributed by atoms with Gasteiger partial charge >= 0.3 is 0 Å². The molecular weight excluding hydrogens is 312 g/mol. The van der Waals surface area contributed by atoms with Gasteiger partial charge in [-0.05, 0) is 22.9 Å². The van der Waals surface area contributed by atoms with Crippen LogP contribution in [0.4, 0.5) is 0 Å². The zero-order valence-corrected chi connectivity index (χ0v) is 12.6. The molecule has 0 bridgehead atoms. The number of carbonyl (C=O) groups is 1. The fourth-order valence-electron chi connectivity index (χ4n) is 1.95. The quantitative estimate of drug-likeness (QED) is 0.864. The predicted octanol–water partition coefficient (Wildman–Crippen LogP) is 0.728. The number of carbonyl (C=O) groups excluding carboxylic acids is 1. The maximum atomic E-state index is 12.0. The third kappa shape index (κ3) is 4.02. The lowest BCUT2D eigenvalue weighted by Gasteiger charge is -2.26. The number of hydrogen-bond acceptors (Lipinski definition) is 4. The van der Waals surface area contributed by atoms with Crippen molar-refractivity contribution in [2.24, 2.45) is 0 Å². The highest BCUT2D eigenvalue weighted by Gasteiger charge is 2.15. The van der Waals surface area contributed by atoms with Crippen LogP contribution in [-0.4, -0.2) is 60.0 Å². The van der Waals surface area contributed by atoms with Crippen molar-refractivity contribution in [2.45, 2.75) is 13.5 Å². The van der Waals surface area contributed by atoms with E-state index in [4.69, 9.17) is 4.74 Å². The number of amides is 1. The molecule has 0 unspecified atom stereocenters. The average Bonchev–Trinajstić information content (AvgIpc) is 2.81. The van der Waals surface area contributed by atoms with E-state index in [0.29, 0.717) is 12.2 Å². The van der Waals surface area contributed by atoms with Gasteiger partial charge < -0.3 is 10.1 Å². The van der Waals surface area contributed by atoms with Crippen molar-refractivity contribution in [2.75, 3.05) is 39.4 Å². The van der Waals surface area contributed by atoms with Crippen LogP contribution in [0.25, 0.3) is 0 Å². The van der Waals surface area contributed by atoms with Crippen LogP contribution in [0.15, 0.2) is 10.7 Å². The molecule has 1 aromatic rings. The van der Waals surface area contributed by atoms with Crippen LogP contribution >= 0.6 is 15.9 Å². The zero-order valence-electron chi connectivity index (χ0n) is 11.1. The van der Waals surface area contributed by atoms with E-state index in [1.807, 2.05) is 13.1 Å². The lowest BCUT2D eigenvalue weighted by Crippen LogP contribution is -2.41. The van der Waals surface area contributed by atoms with E-state index in [0.717, 1.165) is 43.9 Å². The lowest BCUT2D eigenvalue weighted by atomic mass is 10.4. The highest BCUT2D eigenvalue weighted by atomic mass is 79.9. The normalized spacial score (nSPS) is 16.5. The van der Waals surface area contributed by atoms with Crippen LogP contribution in [0.1, 0.15) is 17.4 Å². The van der Waals surface area contributed by atoms with Gasteiger partial charge in [0.05, 0.1) is 17.7 Å². The molecule has 0 atom stereocenters. The Morgan fingerprint density at radius 3 is 2.89 bits per heavy atom. The Morgan fingerprint density at radius 1 is 1.53 bits per heavy atom. The minimum Gasteiger partial charge on any atom is -0.379 e. The topological polar surface area (TPSA) is 59.4 Å². The van der Waals surface area contributed by atoms with Crippen molar-refractivity contribution in [3.8, 4) is 0 Å². The number of aromatic nitrogens is 2. The fraction of sp³-hybridized carbons (Fsp3) is 0.667. The van der Waals surface area contributed by atoms with E-state index in [9.17, 15) is 4.79 Å². The Hall–Kier alpha value is -0.920. The van der Waals surface area contributed by atoms with E-state index in [2.05, 4.69) is 31.2 Å². The van der Waals surface area contributed by atoms with E-state index >= 15 is 0 Å². The smallest absolute Gasteiger partial charge is 0.273 e. The predicted molar refractivity (Wildman–Crippen MR) is 75.2 cm³/mol. The van der Waals surface area contributed by atoms with Crippen LogP contribution in [-0.2, 0) is 11.3 Å². The third-order valence-corrected chi connectivity index (χ3v) is 3.65. The van der Waals surface area contributed by atoms with Crippen LogP contribution in [0, 0.1) is 0 Å². The Kier molecular flexibility index (Phi) is 5.35. The SMILES string of the molecule is CCn1cc(Br)c(C(=O)NCCN2CCOCC2)n1. The Morgan fingerprint density at radius 2 is 2.26 bits per heavy atom. The first-order valence-electron chi connectivity index (χ1n) is 6.52. The van der Waals surface area contributed by atoms with E-state index in [1.165, 1.54) is 0 Å². The summed E-state index contributed by atoms with van der Waals surface area (Å²) in [5.74, 6) is -0.132. The van der Waals surface area contributed by atoms with Gasteiger partial charge in [0.2, 0.25) is 0 Å². The van der Waals surface area contributed by atoms with Gasteiger partial charge in [0.15, 0.2) is 5.69 Å². The first-order valence-corrected chi connectivity index (χ1v) is 7.31. The molecule has 1 amide bonds. The second kappa shape index (κ2) is 7.02. The number of ether oxygens (including phenoxy) is 1. The standard InChI is InChI=1S/C12H19BrN4O2/c1-2-17-9-10(13)11(15-17)12(18)14-3-4-16-5-7-19-8-6-16/h9H,2-8H2,1H3,(H,14,18). The maximum Gasteiger partial charge on any atom is 0.273 e. The van der Waals surface area contributed by atoms with Crippen molar-refractivity contribution in [1.82, 2.24) is 20.0 Å². The monoisotopic (exact) mass is 330 g/mol. The molecule has 1 saturated heterocycles. The summed E-state index contributed by atoms with van der Waals surface area (Å²) in [6.45, 7) is 7.64. The number of halogens is 1. The maximum absolute atomic E-state index is 12.0. The number of aryl methyl sites for hydroxylation is 1. The Balaban J connectivity index is 1.78. The highest BCUT2D eigenvalue weighted by Crippen LogP contribution is 2.14. The molecule has 106 valence electrons. The summed E-state index contributed by atoms with van der Waals surface area (Å²) < 4.78 is 7.75. The molecule has 1 aromatic heterocycles. The minimum absolute atomic E-state index is 0.132. The lowest BCUT2D eigenvalue weighted by molar-refractivity contribution is 0.0383. The van der Waals surface area contributed by atoms with Crippen molar-refractivity contribution in [3.05, 3.63) is 16.4 Å². The van der Waals surface area contributed by atoms with E-state index in [-0.39, 0.29) is 5.91 Å². The van der Waals surface area contributed by atoms with Crippen LogP contribution in [0.2, 0.25) is 0 Å². The molecule has 0 aromatic carbocycles. The summed E-state index contributed by atoms with van der Waals surface area (Å²) in [7, 11) is 0. The summed E-state index contributed by atoms with van der Waals surface area (Å²) in [5.41, 5.74) is 0.448. The second-order valence-corrected chi connectivity index (χ2v) is 5.25. The van der Waals surface area contributed by atoms with Gasteiger partial charge in [-0.3, -0.25) is 14.4 Å². The van der Waals surface area contributed by atoms with E-state index < -0.39 is 0 Å². The summed E-state index contributed by atoms with van der Waals surface area (Å²) in [5, 5.41) is 7.12. The summed E-state index contributed by atoms with van der Waals surface area (Å²) in [6, 6.07) is 0. The molecule has 1 N–H and O–H groups in total. The zero-order chi connectivity index (χ0) is 13.7. The number of morpholine rings is 1. The number of hydrogen-bond donors (Lipinski definition) is 1. The molecule has 0 aliphatic carbocycles. The second-order valence-electron chi connectivity index (χ2n) is 4.39. The van der Waals surface area contributed by atoms with Gasteiger partial charge in [-0.15, -0.1) is 0 Å². The van der Waals surface area contributed by atoms with Gasteiger partial charge in [-0.25, -0.2) is 0 Å². The molecule has 0 radical (unpaired) electrons. The number of rotatable bonds is 5. The highest BCUT2D eigenvalue weighted by molar-refractivity contribution is 9.10. The van der Waals surface area contributed by atoms with Crippen molar-refractivity contribution in [1.29, 1.82) is 0 Å². The third-order valence-electron chi connectivity index (χ3n) is 3.07. The molecule has 0 saturated carbocycles. The molecule has 6 nitrogen and oxygen atoms in total. The van der Waals surface area contributed by atoms with Gasteiger partial charge in [-0.2, -0.15) is 5.10 Å².